The highest BCUT2D eigenvalue weighted by atomic mass is 35.5. The number of thiophene rings is 1. The molecule has 8 heteroatoms. The molecule has 0 spiro atoms. The molecule has 0 aliphatic rings. The second-order valence-electron chi connectivity index (χ2n) is 7.33. The molecule has 3 aromatic carbocycles. The van der Waals surface area contributed by atoms with Gasteiger partial charge < -0.3 is 5.11 Å². The molecule has 1 atom stereocenters. The maximum Gasteiger partial charge on any atom is 0.335 e. The summed E-state index contributed by atoms with van der Waals surface area (Å²) in [6.45, 7) is 1.91. The summed E-state index contributed by atoms with van der Waals surface area (Å²) in [5.41, 5.74) is 3.47. The van der Waals surface area contributed by atoms with E-state index in [4.69, 9.17) is 11.6 Å². The van der Waals surface area contributed by atoms with Crippen molar-refractivity contribution in [3.63, 3.8) is 0 Å². The van der Waals surface area contributed by atoms with Gasteiger partial charge in [-0.3, -0.25) is 4.55 Å². The third-order valence-electron chi connectivity index (χ3n) is 5.29. The number of hydrogen-bond acceptors (Lipinski definition) is 3. The summed E-state index contributed by atoms with van der Waals surface area (Å²) in [5, 5.41) is 11.6. The van der Waals surface area contributed by atoms with Gasteiger partial charge in [0, 0.05) is 9.72 Å². The topological polar surface area (TPSA) is 77.8 Å². The van der Waals surface area contributed by atoms with Crippen LogP contribution in [-0.2, 0) is 24.1 Å². The van der Waals surface area contributed by atoms with E-state index in [-0.39, 0.29) is 0 Å². The molecule has 0 saturated carbocycles. The van der Waals surface area contributed by atoms with Crippen molar-refractivity contribution < 1.29 is 18.7 Å². The van der Waals surface area contributed by atoms with E-state index in [9.17, 15) is 18.7 Å². The van der Waals surface area contributed by atoms with Gasteiger partial charge in [-0.2, -0.15) is 0 Å². The molecule has 32 heavy (non-hydrogen) atoms. The molecular formula is C24H20ClNO4S2. The van der Waals surface area contributed by atoms with Crippen LogP contribution in [0.4, 0.5) is 10.7 Å². The normalized spacial score (nSPS) is 12.1. The number of halogens is 1. The molecule has 0 aliphatic carbocycles. The zero-order chi connectivity index (χ0) is 22.8. The van der Waals surface area contributed by atoms with Gasteiger partial charge in [0.2, 0.25) is 0 Å². The summed E-state index contributed by atoms with van der Waals surface area (Å²) in [4.78, 5) is 11.5. The zero-order valence-electron chi connectivity index (χ0n) is 17.1. The number of aryl methyl sites for hydroxylation is 3. The molecule has 1 unspecified atom stereocenters. The number of benzene rings is 3. The second kappa shape index (κ2) is 9.42. The first-order valence-electron chi connectivity index (χ1n) is 9.85. The average molecular weight is 486 g/mol. The largest absolute Gasteiger partial charge is 0.478 e. The Morgan fingerprint density at radius 1 is 1.06 bits per heavy atom. The highest BCUT2D eigenvalue weighted by molar-refractivity contribution is 7.81. The molecule has 164 valence electrons. The van der Waals surface area contributed by atoms with Gasteiger partial charge in [0.05, 0.1) is 11.3 Å². The van der Waals surface area contributed by atoms with Crippen molar-refractivity contribution >= 4 is 60.9 Å². The predicted octanol–water partition coefficient (Wildman–Crippen LogP) is 6.62. The molecular weight excluding hydrogens is 466 g/mol. The standard InChI is InChI=1S/C24H20ClNO4S2/c1-15-21-14-18(25)11-12-22(21)31-23(15)26(32(29)30)19-7-4-5-16(13-19)9-10-17-6-2-3-8-20(17)24(27)28/h2-8,11-14H,9-10H2,1H3,(H,27,28)(H,29,30). The van der Waals surface area contributed by atoms with Crippen molar-refractivity contribution in [1.29, 1.82) is 0 Å². The van der Waals surface area contributed by atoms with Crippen LogP contribution in [0.1, 0.15) is 27.0 Å². The Hall–Kier alpha value is -2.71. The van der Waals surface area contributed by atoms with Gasteiger partial charge in [-0.15, -0.1) is 11.3 Å². The number of anilines is 2. The van der Waals surface area contributed by atoms with Crippen molar-refractivity contribution in [3.05, 3.63) is 94.0 Å². The van der Waals surface area contributed by atoms with Gasteiger partial charge in [0.25, 0.3) is 11.3 Å². The first-order valence-corrected chi connectivity index (χ1v) is 12.1. The van der Waals surface area contributed by atoms with Crippen LogP contribution in [0.5, 0.6) is 0 Å². The van der Waals surface area contributed by atoms with Crippen LogP contribution in [0.2, 0.25) is 5.02 Å². The third-order valence-corrected chi connectivity index (χ3v) is 7.60. The fourth-order valence-electron chi connectivity index (χ4n) is 3.72. The van der Waals surface area contributed by atoms with Crippen molar-refractivity contribution in [2.45, 2.75) is 19.8 Å². The summed E-state index contributed by atoms with van der Waals surface area (Å²) >= 11 is 5.30. The lowest BCUT2D eigenvalue weighted by Crippen LogP contribution is -2.19. The SMILES string of the molecule is Cc1c(N(c2cccc(CCc3ccccc3C(=O)O)c2)S(=O)O)sc2ccc(Cl)cc12. The highest BCUT2D eigenvalue weighted by Crippen LogP contribution is 2.42. The monoisotopic (exact) mass is 485 g/mol. The smallest absolute Gasteiger partial charge is 0.335 e. The molecule has 4 aromatic rings. The van der Waals surface area contributed by atoms with E-state index in [1.54, 1.807) is 24.3 Å². The molecule has 0 radical (unpaired) electrons. The molecule has 1 heterocycles. The minimum Gasteiger partial charge on any atom is -0.478 e. The van der Waals surface area contributed by atoms with E-state index >= 15 is 0 Å². The quantitative estimate of drug-likeness (QED) is 0.288. The minimum atomic E-state index is -2.27. The van der Waals surface area contributed by atoms with Crippen molar-refractivity contribution in [2.75, 3.05) is 4.31 Å². The highest BCUT2D eigenvalue weighted by Gasteiger charge is 2.22. The van der Waals surface area contributed by atoms with E-state index in [0.717, 1.165) is 26.8 Å². The van der Waals surface area contributed by atoms with Crippen LogP contribution >= 0.6 is 22.9 Å². The van der Waals surface area contributed by atoms with Crippen molar-refractivity contribution in [2.24, 2.45) is 0 Å². The van der Waals surface area contributed by atoms with Gasteiger partial charge in [-0.1, -0.05) is 41.9 Å². The van der Waals surface area contributed by atoms with E-state index in [2.05, 4.69) is 0 Å². The summed E-state index contributed by atoms with van der Waals surface area (Å²) in [6, 6.07) is 20.0. The van der Waals surface area contributed by atoms with E-state index in [1.807, 2.05) is 49.4 Å². The Kier molecular flexibility index (Phi) is 6.62. The number of fused-ring (bicyclic) bond motifs is 1. The molecule has 4 rings (SSSR count). The van der Waals surface area contributed by atoms with E-state index < -0.39 is 17.2 Å². The lowest BCUT2D eigenvalue weighted by atomic mass is 9.99. The van der Waals surface area contributed by atoms with Gasteiger partial charge in [0.1, 0.15) is 5.00 Å². The Morgan fingerprint density at radius 3 is 2.59 bits per heavy atom. The van der Waals surface area contributed by atoms with Crippen LogP contribution in [-0.4, -0.2) is 19.8 Å². The van der Waals surface area contributed by atoms with Gasteiger partial charge in [0.15, 0.2) is 0 Å². The number of aromatic carboxylic acids is 1. The number of carbonyl (C=O) groups is 1. The average Bonchev–Trinajstić information content (AvgIpc) is 3.08. The number of carboxylic acids is 1. The number of nitrogens with zero attached hydrogens (tertiary/aromatic N) is 1. The Balaban J connectivity index is 1.66. The summed E-state index contributed by atoms with van der Waals surface area (Å²) in [5.74, 6) is -0.948. The van der Waals surface area contributed by atoms with Gasteiger partial charge in [-0.05, 0) is 78.2 Å². The van der Waals surface area contributed by atoms with E-state index in [0.29, 0.717) is 34.1 Å². The third kappa shape index (κ3) is 4.56. The lowest BCUT2D eigenvalue weighted by Gasteiger charge is -2.20. The fraction of sp³-hybridized carbons (Fsp3) is 0.125. The van der Waals surface area contributed by atoms with Crippen LogP contribution in [0.3, 0.4) is 0 Å². The number of hydrogen-bond donors (Lipinski definition) is 2. The molecule has 0 saturated heterocycles. The zero-order valence-corrected chi connectivity index (χ0v) is 19.5. The second-order valence-corrected chi connectivity index (χ2v) is 9.62. The Labute approximate surface area is 197 Å². The van der Waals surface area contributed by atoms with Gasteiger partial charge >= 0.3 is 5.97 Å². The molecule has 0 amide bonds. The predicted molar refractivity (Wildman–Crippen MR) is 132 cm³/mol. The summed E-state index contributed by atoms with van der Waals surface area (Å²) in [6.07, 6.45) is 1.15. The van der Waals surface area contributed by atoms with E-state index in [1.165, 1.54) is 15.6 Å². The molecule has 0 bridgehead atoms. The summed E-state index contributed by atoms with van der Waals surface area (Å²) < 4.78 is 24.9. The molecule has 5 nitrogen and oxygen atoms in total. The number of rotatable bonds is 7. The maximum absolute atomic E-state index is 12.4. The number of carboxylic acid groups (broad SMARTS) is 1. The molecule has 0 aliphatic heterocycles. The molecule has 1 aromatic heterocycles. The van der Waals surface area contributed by atoms with Crippen LogP contribution < -0.4 is 4.31 Å². The molecule has 0 fully saturated rings. The van der Waals surface area contributed by atoms with Gasteiger partial charge in [-0.25, -0.2) is 13.3 Å². The van der Waals surface area contributed by atoms with Crippen LogP contribution in [0, 0.1) is 6.92 Å². The Morgan fingerprint density at radius 2 is 1.84 bits per heavy atom. The maximum atomic E-state index is 12.4. The van der Waals surface area contributed by atoms with Crippen molar-refractivity contribution in [1.82, 2.24) is 0 Å². The van der Waals surface area contributed by atoms with Crippen molar-refractivity contribution in [3.8, 4) is 0 Å². The summed E-state index contributed by atoms with van der Waals surface area (Å²) in [7, 11) is 0. The van der Waals surface area contributed by atoms with Crippen LogP contribution in [0.25, 0.3) is 10.1 Å². The lowest BCUT2D eigenvalue weighted by molar-refractivity contribution is 0.0695. The first kappa shape index (κ1) is 22.5. The Bertz CT molecular complexity index is 1330. The first-order chi connectivity index (χ1) is 15.3. The molecule has 2 N–H and O–H groups in total. The fourth-order valence-corrected chi connectivity index (χ4v) is 5.88. The minimum absolute atomic E-state index is 0.293. The van der Waals surface area contributed by atoms with Crippen LogP contribution in [0.15, 0.2) is 66.7 Å².